The Labute approximate surface area is 77.0 Å². The fourth-order valence-electron chi connectivity index (χ4n) is 1.05. The van der Waals surface area contributed by atoms with E-state index in [4.69, 9.17) is 5.26 Å². The normalized spacial score (nSPS) is 9.31. The van der Waals surface area contributed by atoms with Gasteiger partial charge in [-0.1, -0.05) is 6.07 Å². The highest BCUT2D eigenvalue weighted by Gasteiger charge is 2.01. The van der Waals surface area contributed by atoms with Crippen molar-refractivity contribution in [3.63, 3.8) is 0 Å². The number of hydrogen-bond donors (Lipinski definition) is 1. The van der Waals surface area contributed by atoms with E-state index in [0.717, 1.165) is 5.69 Å². The topological polar surface area (TPSA) is 35.8 Å². The molecule has 0 amide bonds. The Hall–Kier alpha value is -1.56. The first-order valence-electron chi connectivity index (χ1n) is 4.11. The number of hydrogen-bond acceptors (Lipinski definition) is 2. The van der Waals surface area contributed by atoms with Gasteiger partial charge in [0.25, 0.3) is 0 Å². The van der Waals surface area contributed by atoms with Gasteiger partial charge in [0.2, 0.25) is 0 Å². The summed E-state index contributed by atoms with van der Waals surface area (Å²) in [5.74, 6) is -0.220. The molecule has 13 heavy (non-hydrogen) atoms. The molecule has 1 aromatic carbocycles. The Morgan fingerprint density at radius 2 is 2.31 bits per heavy atom. The van der Waals surface area contributed by atoms with Crippen LogP contribution in [-0.4, -0.2) is 6.54 Å². The van der Waals surface area contributed by atoms with Crippen molar-refractivity contribution in [2.24, 2.45) is 0 Å². The van der Waals surface area contributed by atoms with Crippen molar-refractivity contribution in [1.82, 2.24) is 0 Å². The molecule has 0 unspecified atom stereocenters. The smallest absolute Gasteiger partial charge is 0.128 e. The number of nitriles is 1. The minimum absolute atomic E-state index is 0.220. The largest absolute Gasteiger partial charge is 0.384 e. The summed E-state index contributed by atoms with van der Waals surface area (Å²) < 4.78 is 13.0. The van der Waals surface area contributed by atoms with E-state index in [0.29, 0.717) is 18.5 Å². The Morgan fingerprint density at radius 1 is 1.54 bits per heavy atom. The Morgan fingerprint density at radius 3 is 3.00 bits per heavy atom. The summed E-state index contributed by atoms with van der Waals surface area (Å²) in [4.78, 5) is 0. The van der Waals surface area contributed by atoms with Gasteiger partial charge in [-0.15, -0.1) is 0 Å². The molecule has 0 aromatic heterocycles. The summed E-state index contributed by atoms with van der Waals surface area (Å²) in [5.41, 5.74) is 1.36. The standard InChI is InChI=1S/C10H11FN2/c1-8-9(11)4-2-5-10(8)13-7-3-6-12/h2,4-5,13H,3,7H2,1H3. The SMILES string of the molecule is Cc1c(F)cccc1NCCC#N. The highest BCUT2D eigenvalue weighted by Crippen LogP contribution is 2.16. The van der Waals surface area contributed by atoms with Crippen LogP contribution in [-0.2, 0) is 0 Å². The molecular formula is C10H11FN2. The zero-order valence-corrected chi connectivity index (χ0v) is 7.47. The van der Waals surface area contributed by atoms with Crippen molar-refractivity contribution >= 4 is 5.69 Å². The maximum atomic E-state index is 13.0. The lowest BCUT2D eigenvalue weighted by atomic mass is 10.2. The Balaban J connectivity index is 2.67. The van der Waals surface area contributed by atoms with Crippen LogP contribution in [0.2, 0.25) is 0 Å². The van der Waals surface area contributed by atoms with E-state index in [1.807, 2.05) is 6.07 Å². The van der Waals surface area contributed by atoms with Crippen molar-refractivity contribution in [1.29, 1.82) is 5.26 Å². The highest BCUT2D eigenvalue weighted by molar-refractivity contribution is 5.50. The van der Waals surface area contributed by atoms with E-state index >= 15 is 0 Å². The minimum Gasteiger partial charge on any atom is -0.384 e. The number of nitrogens with one attached hydrogen (secondary N) is 1. The van der Waals surface area contributed by atoms with E-state index < -0.39 is 0 Å². The zero-order chi connectivity index (χ0) is 9.68. The van der Waals surface area contributed by atoms with Gasteiger partial charge in [-0.25, -0.2) is 4.39 Å². The van der Waals surface area contributed by atoms with E-state index in [-0.39, 0.29) is 5.82 Å². The van der Waals surface area contributed by atoms with Crippen LogP contribution in [0.4, 0.5) is 10.1 Å². The molecule has 0 aliphatic carbocycles. The molecule has 0 aliphatic rings. The summed E-state index contributed by atoms with van der Waals surface area (Å²) in [6.07, 6.45) is 0.427. The van der Waals surface area contributed by atoms with Crippen LogP contribution < -0.4 is 5.32 Å². The third-order valence-electron chi connectivity index (χ3n) is 1.82. The lowest BCUT2D eigenvalue weighted by Crippen LogP contribution is -2.02. The third-order valence-corrected chi connectivity index (χ3v) is 1.82. The molecule has 0 atom stereocenters. The van der Waals surface area contributed by atoms with E-state index in [1.165, 1.54) is 6.07 Å². The van der Waals surface area contributed by atoms with Gasteiger partial charge in [-0.05, 0) is 19.1 Å². The average molecular weight is 178 g/mol. The van der Waals surface area contributed by atoms with Crippen molar-refractivity contribution in [2.75, 3.05) is 11.9 Å². The second kappa shape index (κ2) is 4.46. The van der Waals surface area contributed by atoms with Gasteiger partial charge in [-0.2, -0.15) is 5.26 Å². The van der Waals surface area contributed by atoms with Crippen LogP contribution in [0.3, 0.4) is 0 Å². The molecular weight excluding hydrogens is 167 g/mol. The van der Waals surface area contributed by atoms with Gasteiger partial charge in [0.15, 0.2) is 0 Å². The van der Waals surface area contributed by atoms with E-state index in [2.05, 4.69) is 5.32 Å². The van der Waals surface area contributed by atoms with Crippen LogP contribution in [0, 0.1) is 24.1 Å². The van der Waals surface area contributed by atoms with Crippen LogP contribution in [0.1, 0.15) is 12.0 Å². The molecule has 0 spiro atoms. The van der Waals surface area contributed by atoms with Crippen LogP contribution in [0.25, 0.3) is 0 Å². The van der Waals surface area contributed by atoms with Gasteiger partial charge in [-0.3, -0.25) is 0 Å². The fraction of sp³-hybridized carbons (Fsp3) is 0.300. The van der Waals surface area contributed by atoms with E-state index in [1.54, 1.807) is 19.1 Å². The maximum Gasteiger partial charge on any atom is 0.128 e. The summed E-state index contributed by atoms with van der Waals surface area (Å²) in [7, 11) is 0. The van der Waals surface area contributed by atoms with Crippen LogP contribution >= 0.6 is 0 Å². The first-order chi connectivity index (χ1) is 6.25. The lowest BCUT2D eigenvalue weighted by molar-refractivity contribution is 0.619. The molecule has 0 bridgehead atoms. The molecule has 1 aromatic rings. The number of rotatable bonds is 3. The number of nitrogens with zero attached hydrogens (tertiary/aromatic N) is 1. The quantitative estimate of drug-likeness (QED) is 0.721. The summed E-state index contributed by atoms with van der Waals surface area (Å²) in [6, 6.07) is 6.89. The predicted molar refractivity (Wildman–Crippen MR) is 49.9 cm³/mol. The molecule has 0 heterocycles. The first-order valence-corrected chi connectivity index (χ1v) is 4.11. The highest BCUT2D eigenvalue weighted by atomic mass is 19.1. The second-order valence-corrected chi connectivity index (χ2v) is 2.75. The predicted octanol–water partition coefficient (Wildman–Crippen LogP) is 2.46. The molecule has 1 N–H and O–H groups in total. The van der Waals surface area contributed by atoms with Crippen LogP contribution in [0.5, 0.6) is 0 Å². The number of halogens is 1. The van der Waals surface area contributed by atoms with Crippen molar-refractivity contribution in [3.05, 3.63) is 29.6 Å². The van der Waals surface area contributed by atoms with Crippen molar-refractivity contribution in [2.45, 2.75) is 13.3 Å². The lowest BCUT2D eigenvalue weighted by Gasteiger charge is -2.07. The van der Waals surface area contributed by atoms with Gasteiger partial charge < -0.3 is 5.32 Å². The van der Waals surface area contributed by atoms with Crippen molar-refractivity contribution in [3.8, 4) is 6.07 Å². The Kier molecular flexibility index (Phi) is 3.27. The molecule has 1 rings (SSSR count). The summed E-state index contributed by atoms with van der Waals surface area (Å²) in [6.45, 7) is 2.27. The molecule has 3 heteroatoms. The fourth-order valence-corrected chi connectivity index (χ4v) is 1.05. The second-order valence-electron chi connectivity index (χ2n) is 2.75. The monoisotopic (exact) mass is 178 g/mol. The van der Waals surface area contributed by atoms with Gasteiger partial charge in [0, 0.05) is 17.8 Å². The molecule has 68 valence electrons. The maximum absolute atomic E-state index is 13.0. The Bertz CT molecular complexity index is 328. The summed E-state index contributed by atoms with van der Waals surface area (Å²) >= 11 is 0. The zero-order valence-electron chi connectivity index (χ0n) is 7.47. The molecule has 0 radical (unpaired) electrons. The third kappa shape index (κ3) is 2.45. The van der Waals surface area contributed by atoms with E-state index in [9.17, 15) is 4.39 Å². The first kappa shape index (κ1) is 9.53. The molecule has 0 fully saturated rings. The number of anilines is 1. The van der Waals surface area contributed by atoms with Gasteiger partial charge >= 0.3 is 0 Å². The summed E-state index contributed by atoms with van der Waals surface area (Å²) in [5, 5.41) is 11.3. The molecule has 2 nitrogen and oxygen atoms in total. The van der Waals surface area contributed by atoms with Crippen LogP contribution in [0.15, 0.2) is 18.2 Å². The van der Waals surface area contributed by atoms with Gasteiger partial charge in [0.05, 0.1) is 12.5 Å². The molecule has 0 saturated carbocycles. The molecule has 0 aliphatic heterocycles. The number of benzene rings is 1. The van der Waals surface area contributed by atoms with Crippen molar-refractivity contribution < 1.29 is 4.39 Å². The van der Waals surface area contributed by atoms with Gasteiger partial charge in [0.1, 0.15) is 5.82 Å². The average Bonchev–Trinajstić information content (AvgIpc) is 2.13. The minimum atomic E-state index is -0.220. The molecule has 0 saturated heterocycles.